The Balaban J connectivity index is 4.34. The van der Waals surface area contributed by atoms with Crippen LogP contribution in [0.5, 0.6) is 0 Å². The van der Waals surface area contributed by atoms with Crippen LogP contribution >= 0.6 is 15.9 Å². The Labute approximate surface area is 75.6 Å². The maximum absolute atomic E-state index is 12.9. The molecule has 0 nitrogen and oxygen atoms in total. The molecule has 2 heteroatoms. The van der Waals surface area contributed by atoms with Crippen molar-refractivity contribution in [2.75, 3.05) is 0 Å². The van der Waals surface area contributed by atoms with Gasteiger partial charge >= 0.3 is 0 Å². The van der Waals surface area contributed by atoms with Gasteiger partial charge in [-0.2, -0.15) is 0 Å². The van der Waals surface area contributed by atoms with Crippen LogP contribution in [0, 0.1) is 0 Å². The van der Waals surface area contributed by atoms with E-state index in [0.29, 0.717) is 5.57 Å². The summed E-state index contributed by atoms with van der Waals surface area (Å²) in [6.07, 6.45) is 4.72. The molecule has 0 aromatic heterocycles. The van der Waals surface area contributed by atoms with Crippen molar-refractivity contribution in [3.63, 3.8) is 0 Å². The summed E-state index contributed by atoms with van der Waals surface area (Å²) in [4.78, 5) is 0.0654. The van der Waals surface area contributed by atoms with E-state index in [1.54, 1.807) is 19.1 Å². The van der Waals surface area contributed by atoms with Crippen molar-refractivity contribution in [1.29, 1.82) is 0 Å². The number of hydrogen-bond donors (Lipinski definition) is 0. The van der Waals surface area contributed by atoms with Crippen molar-refractivity contribution in [2.45, 2.75) is 18.7 Å². The summed E-state index contributed by atoms with van der Waals surface area (Å²) >= 11 is 3.22. The van der Waals surface area contributed by atoms with E-state index < -0.39 is 0 Å². The molecule has 0 aliphatic heterocycles. The predicted molar refractivity (Wildman–Crippen MR) is 51.5 cm³/mol. The molecule has 1 atom stereocenters. The minimum atomic E-state index is -0.200. The van der Waals surface area contributed by atoms with E-state index in [1.807, 2.05) is 6.92 Å². The van der Waals surface area contributed by atoms with Crippen LogP contribution < -0.4 is 0 Å². The van der Waals surface area contributed by atoms with E-state index in [-0.39, 0.29) is 10.7 Å². The lowest BCUT2D eigenvalue weighted by Gasteiger charge is -1.97. The Bertz CT molecular complexity index is 190. The van der Waals surface area contributed by atoms with Gasteiger partial charge in [0.2, 0.25) is 0 Å². The van der Waals surface area contributed by atoms with E-state index in [0.717, 1.165) is 0 Å². The van der Waals surface area contributed by atoms with Gasteiger partial charge in [-0.05, 0) is 25.5 Å². The summed E-state index contributed by atoms with van der Waals surface area (Å²) < 4.78 is 12.9. The van der Waals surface area contributed by atoms with Gasteiger partial charge in [-0.1, -0.05) is 34.7 Å². The molecule has 0 N–H and O–H groups in total. The molecule has 0 radical (unpaired) electrons. The van der Waals surface area contributed by atoms with Crippen LogP contribution in [-0.2, 0) is 0 Å². The van der Waals surface area contributed by atoms with Crippen LogP contribution in [-0.4, -0.2) is 4.83 Å². The van der Waals surface area contributed by atoms with Gasteiger partial charge < -0.3 is 0 Å². The van der Waals surface area contributed by atoms with Gasteiger partial charge in [-0.15, -0.1) is 0 Å². The second-order valence-electron chi connectivity index (χ2n) is 2.28. The summed E-state index contributed by atoms with van der Waals surface area (Å²) in [5, 5.41) is 0. The highest BCUT2D eigenvalue weighted by Crippen LogP contribution is 2.13. The first kappa shape index (κ1) is 10.6. The molecule has 0 aliphatic carbocycles. The van der Waals surface area contributed by atoms with Gasteiger partial charge in [0.15, 0.2) is 0 Å². The van der Waals surface area contributed by atoms with Crippen LogP contribution in [0.25, 0.3) is 0 Å². The number of halogens is 2. The topological polar surface area (TPSA) is 0 Å². The molecule has 62 valence electrons. The number of rotatable bonds is 3. The third-order valence-corrected chi connectivity index (χ3v) is 1.38. The van der Waals surface area contributed by atoms with Crippen molar-refractivity contribution < 1.29 is 4.39 Å². The largest absolute Gasteiger partial charge is 0.207 e. The smallest absolute Gasteiger partial charge is 0.123 e. The summed E-state index contributed by atoms with van der Waals surface area (Å²) in [5.74, 6) is -0.200. The highest BCUT2D eigenvalue weighted by atomic mass is 79.9. The Hall–Kier alpha value is -0.370. The fraction of sp³-hybridized carbons (Fsp3) is 0.333. The Kier molecular flexibility index (Phi) is 5.12. The van der Waals surface area contributed by atoms with E-state index in [2.05, 4.69) is 22.5 Å². The number of hydrogen-bond acceptors (Lipinski definition) is 0. The quantitative estimate of drug-likeness (QED) is 0.500. The summed E-state index contributed by atoms with van der Waals surface area (Å²) in [7, 11) is 0. The standard InChI is InChI=1S/C9H12BrF/c1-4-5-7(2)9(11)6-8(3)10/h4-6,8H,1H2,2-3H3/b7-5-,9-6+. The van der Waals surface area contributed by atoms with Crippen molar-refractivity contribution in [2.24, 2.45) is 0 Å². The van der Waals surface area contributed by atoms with E-state index in [1.165, 1.54) is 6.08 Å². The van der Waals surface area contributed by atoms with Crippen molar-refractivity contribution in [3.05, 3.63) is 36.2 Å². The van der Waals surface area contributed by atoms with E-state index in [4.69, 9.17) is 0 Å². The number of alkyl halides is 1. The van der Waals surface area contributed by atoms with Gasteiger partial charge in [-0.3, -0.25) is 0 Å². The molecule has 0 saturated carbocycles. The second-order valence-corrected chi connectivity index (χ2v) is 3.72. The first-order chi connectivity index (χ1) is 5.07. The molecule has 0 rings (SSSR count). The normalized spacial score (nSPS) is 16.4. The zero-order chi connectivity index (χ0) is 8.85. The summed E-state index contributed by atoms with van der Waals surface area (Å²) in [6, 6.07) is 0. The van der Waals surface area contributed by atoms with Gasteiger partial charge in [0.1, 0.15) is 5.83 Å². The maximum Gasteiger partial charge on any atom is 0.123 e. The lowest BCUT2D eigenvalue weighted by Crippen LogP contribution is -1.85. The van der Waals surface area contributed by atoms with Gasteiger partial charge in [-0.25, -0.2) is 4.39 Å². The van der Waals surface area contributed by atoms with Crippen LogP contribution in [0.2, 0.25) is 0 Å². The maximum atomic E-state index is 12.9. The van der Waals surface area contributed by atoms with Crippen LogP contribution in [0.3, 0.4) is 0 Å². The summed E-state index contributed by atoms with van der Waals surface area (Å²) in [6.45, 7) is 7.05. The molecule has 0 aromatic rings. The lowest BCUT2D eigenvalue weighted by atomic mass is 10.2. The molecular weight excluding hydrogens is 207 g/mol. The minimum Gasteiger partial charge on any atom is -0.207 e. The van der Waals surface area contributed by atoms with Crippen LogP contribution in [0.4, 0.5) is 4.39 Å². The Morgan fingerprint density at radius 3 is 2.55 bits per heavy atom. The highest BCUT2D eigenvalue weighted by Gasteiger charge is 1.98. The monoisotopic (exact) mass is 218 g/mol. The molecule has 0 heterocycles. The lowest BCUT2D eigenvalue weighted by molar-refractivity contribution is 0.647. The number of allylic oxidation sites excluding steroid dienone is 5. The first-order valence-electron chi connectivity index (χ1n) is 3.39. The molecule has 0 amide bonds. The van der Waals surface area contributed by atoms with E-state index >= 15 is 0 Å². The summed E-state index contributed by atoms with van der Waals surface area (Å²) in [5.41, 5.74) is 0.603. The zero-order valence-electron chi connectivity index (χ0n) is 6.77. The molecular formula is C9H12BrF. The molecule has 0 aromatic carbocycles. The predicted octanol–water partition coefficient (Wildman–Crippen LogP) is 3.76. The minimum absolute atomic E-state index is 0.0654. The van der Waals surface area contributed by atoms with E-state index in [9.17, 15) is 4.39 Å². The fourth-order valence-corrected chi connectivity index (χ4v) is 0.822. The van der Waals surface area contributed by atoms with Crippen LogP contribution in [0.1, 0.15) is 13.8 Å². The highest BCUT2D eigenvalue weighted by molar-refractivity contribution is 9.09. The Morgan fingerprint density at radius 1 is 1.64 bits per heavy atom. The molecule has 0 spiro atoms. The molecule has 11 heavy (non-hydrogen) atoms. The SMILES string of the molecule is C=C/C=C(C)\C(F)=C/C(C)Br. The molecule has 0 fully saturated rings. The molecule has 0 aliphatic rings. The molecule has 1 unspecified atom stereocenters. The average Bonchev–Trinajstić information content (AvgIpc) is 1.86. The first-order valence-corrected chi connectivity index (χ1v) is 4.30. The molecule has 0 saturated heterocycles. The van der Waals surface area contributed by atoms with Crippen molar-refractivity contribution >= 4 is 15.9 Å². The molecule has 0 bridgehead atoms. The fourth-order valence-electron chi connectivity index (χ4n) is 0.589. The van der Waals surface area contributed by atoms with Crippen LogP contribution in [0.15, 0.2) is 36.2 Å². The zero-order valence-corrected chi connectivity index (χ0v) is 8.36. The second kappa shape index (κ2) is 5.30. The van der Waals surface area contributed by atoms with Gasteiger partial charge in [0.25, 0.3) is 0 Å². The third kappa shape index (κ3) is 4.96. The van der Waals surface area contributed by atoms with Crippen molar-refractivity contribution in [1.82, 2.24) is 0 Å². The Morgan fingerprint density at radius 2 is 2.18 bits per heavy atom. The average molecular weight is 219 g/mol. The third-order valence-electron chi connectivity index (χ3n) is 1.12. The van der Waals surface area contributed by atoms with Gasteiger partial charge in [0.05, 0.1) is 0 Å². The van der Waals surface area contributed by atoms with Gasteiger partial charge in [0, 0.05) is 4.83 Å². The van der Waals surface area contributed by atoms with Crippen molar-refractivity contribution in [3.8, 4) is 0 Å².